The second-order valence-electron chi connectivity index (χ2n) is 3.95. The second kappa shape index (κ2) is 6.58. The van der Waals surface area contributed by atoms with Gasteiger partial charge in [-0.15, -0.1) is 6.58 Å². The maximum absolute atomic E-state index is 11.4. The first-order valence-electron chi connectivity index (χ1n) is 5.53. The predicted octanol–water partition coefficient (Wildman–Crippen LogP) is 0.182. The fourth-order valence-corrected chi connectivity index (χ4v) is 1.83. The first-order chi connectivity index (χ1) is 7.24. The molecule has 4 heteroatoms. The van der Waals surface area contributed by atoms with E-state index in [1.165, 1.54) is 0 Å². The van der Waals surface area contributed by atoms with Gasteiger partial charge in [0.1, 0.15) is 0 Å². The van der Waals surface area contributed by atoms with Crippen LogP contribution in [0.2, 0.25) is 0 Å². The van der Waals surface area contributed by atoms with Crippen LogP contribution in [-0.2, 0) is 4.79 Å². The van der Waals surface area contributed by atoms with E-state index in [0.29, 0.717) is 6.54 Å². The Balaban J connectivity index is 2.20. The summed E-state index contributed by atoms with van der Waals surface area (Å²) in [6.45, 7) is 4.46. The minimum absolute atomic E-state index is 0.0530. The van der Waals surface area contributed by atoms with Crippen LogP contribution in [0.1, 0.15) is 25.7 Å². The van der Waals surface area contributed by atoms with Crippen LogP contribution in [0.3, 0.4) is 0 Å². The highest BCUT2D eigenvalue weighted by atomic mass is 16.3. The normalized spacial score (nSPS) is 25.9. The van der Waals surface area contributed by atoms with E-state index in [9.17, 15) is 9.90 Å². The lowest BCUT2D eigenvalue weighted by Gasteiger charge is -2.28. The van der Waals surface area contributed by atoms with Crippen LogP contribution in [0.25, 0.3) is 0 Å². The molecule has 0 aromatic rings. The average Bonchev–Trinajstić information content (AvgIpc) is 2.22. The Morgan fingerprint density at radius 2 is 2.20 bits per heavy atom. The Hall–Kier alpha value is -0.870. The molecule has 0 spiro atoms. The molecule has 4 nitrogen and oxygen atoms in total. The van der Waals surface area contributed by atoms with E-state index in [1.807, 2.05) is 0 Å². The minimum Gasteiger partial charge on any atom is -0.391 e. The summed E-state index contributed by atoms with van der Waals surface area (Å²) < 4.78 is 0. The highest BCUT2D eigenvalue weighted by Gasteiger charge is 2.23. The molecule has 15 heavy (non-hydrogen) atoms. The molecule has 3 N–H and O–H groups in total. The van der Waals surface area contributed by atoms with E-state index in [4.69, 9.17) is 0 Å². The summed E-state index contributed by atoms with van der Waals surface area (Å²) in [7, 11) is 0. The van der Waals surface area contributed by atoms with Gasteiger partial charge in [-0.3, -0.25) is 4.79 Å². The number of carbonyl (C=O) groups is 1. The molecular weight excluding hydrogens is 192 g/mol. The summed E-state index contributed by atoms with van der Waals surface area (Å²) in [6, 6.07) is -0.0585. The number of aliphatic hydroxyl groups excluding tert-OH is 1. The number of carbonyl (C=O) groups excluding carboxylic acids is 1. The van der Waals surface area contributed by atoms with Crippen LogP contribution in [0.15, 0.2) is 12.7 Å². The standard InChI is InChI=1S/C11H20N2O2/c1-2-7-12-8-11(15)13-9-5-3-4-6-10(9)14/h2,9-10,12,14H,1,3-8H2,(H,13,15)/t9-,10-/m0/s1. The molecule has 0 aromatic heterocycles. The summed E-state index contributed by atoms with van der Waals surface area (Å²) in [5, 5.41) is 15.4. The molecule has 86 valence electrons. The van der Waals surface area contributed by atoms with Gasteiger partial charge in [-0.25, -0.2) is 0 Å². The van der Waals surface area contributed by atoms with E-state index < -0.39 is 0 Å². The van der Waals surface area contributed by atoms with Crippen molar-refractivity contribution in [1.29, 1.82) is 0 Å². The van der Waals surface area contributed by atoms with Crippen molar-refractivity contribution in [2.45, 2.75) is 37.8 Å². The smallest absolute Gasteiger partial charge is 0.234 e. The number of amides is 1. The number of aliphatic hydroxyl groups is 1. The van der Waals surface area contributed by atoms with Crippen LogP contribution in [0, 0.1) is 0 Å². The van der Waals surface area contributed by atoms with Gasteiger partial charge in [0.2, 0.25) is 5.91 Å². The molecule has 0 saturated heterocycles. The number of hydrogen-bond donors (Lipinski definition) is 3. The summed E-state index contributed by atoms with van der Waals surface area (Å²) in [5.74, 6) is -0.0530. The van der Waals surface area contributed by atoms with Gasteiger partial charge in [-0.1, -0.05) is 18.9 Å². The lowest BCUT2D eigenvalue weighted by atomic mass is 9.92. The van der Waals surface area contributed by atoms with Gasteiger partial charge in [0.15, 0.2) is 0 Å². The van der Waals surface area contributed by atoms with Crippen molar-refractivity contribution in [3.05, 3.63) is 12.7 Å². The zero-order chi connectivity index (χ0) is 11.1. The van der Waals surface area contributed by atoms with Crippen molar-refractivity contribution in [2.75, 3.05) is 13.1 Å². The van der Waals surface area contributed by atoms with E-state index in [1.54, 1.807) is 6.08 Å². The zero-order valence-electron chi connectivity index (χ0n) is 9.04. The van der Waals surface area contributed by atoms with E-state index in [0.717, 1.165) is 25.7 Å². The summed E-state index contributed by atoms with van der Waals surface area (Å²) in [5.41, 5.74) is 0. The Labute approximate surface area is 90.7 Å². The van der Waals surface area contributed by atoms with Crippen LogP contribution in [0.4, 0.5) is 0 Å². The molecule has 0 aromatic carbocycles. The number of hydrogen-bond acceptors (Lipinski definition) is 3. The minimum atomic E-state index is -0.373. The monoisotopic (exact) mass is 212 g/mol. The fraction of sp³-hybridized carbons (Fsp3) is 0.727. The molecule has 1 aliphatic carbocycles. The SMILES string of the molecule is C=CCNCC(=O)N[C@H]1CCCC[C@@H]1O. The van der Waals surface area contributed by atoms with E-state index >= 15 is 0 Å². The fourth-order valence-electron chi connectivity index (χ4n) is 1.83. The van der Waals surface area contributed by atoms with Crippen molar-refractivity contribution < 1.29 is 9.90 Å². The molecule has 1 rings (SSSR count). The zero-order valence-corrected chi connectivity index (χ0v) is 9.04. The molecule has 2 atom stereocenters. The third-order valence-corrected chi connectivity index (χ3v) is 2.65. The van der Waals surface area contributed by atoms with Crippen molar-refractivity contribution in [2.24, 2.45) is 0 Å². The Morgan fingerprint density at radius 1 is 1.47 bits per heavy atom. The van der Waals surface area contributed by atoms with Crippen molar-refractivity contribution in [1.82, 2.24) is 10.6 Å². The molecule has 0 heterocycles. The topological polar surface area (TPSA) is 61.4 Å². The highest BCUT2D eigenvalue weighted by Crippen LogP contribution is 2.17. The summed E-state index contributed by atoms with van der Waals surface area (Å²) in [6.07, 6.45) is 5.16. The van der Waals surface area contributed by atoms with Crippen LogP contribution < -0.4 is 10.6 Å². The molecule has 1 saturated carbocycles. The maximum atomic E-state index is 11.4. The highest BCUT2D eigenvalue weighted by molar-refractivity contribution is 5.78. The second-order valence-corrected chi connectivity index (χ2v) is 3.95. The lowest BCUT2D eigenvalue weighted by molar-refractivity contribution is -0.122. The molecule has 1 aliphatic rings. The Bertz CT molecular complexity index is 219. The van der Waals surface area contributed by atoms with E-state index in [-0.39, 0.29) is 24.6 Å². The molecular formula is C11H20N2O2. The first kappa shape index (κ1) is 12.2. The Morgan fingerprint density at radius 3 is 2.87 bits per heavy atom. The summed E-state index contributed by atoms with van der Waals surface area (Å²) >= 11 is 0. The predicted molar refractivity (Wildman–Crippen MR) is 59.5 cm³/mol. The third kappa shape index (κ3) is 4.44. The average molecular weight is 212 g/mol. The van der Waals surface area contributed by atoms with Gasteiger partial charge in [0.05, 0.1) is 18.7 Å². The van der Waals surface area contributed by atoms with Gasteiger partial charge in [0.25, 0.3) is 0 Å². The Kier molecular flexibility index (Phi) is 5.36. The first-order valence-corrected chi connectivity index (χ1v) is 5.53. The van der Waals surface area contributed by atoms with Crippen LogP contribution in [0.5, 0.6) is 0 Å². The largest absolute Gasteiger partial charge is 0.391 e. The molecule has 0 aliphatic heterocycles. The quantitative estimate of drug-likeness (QED) is 0.450. The van der Waals surface area contributed by atoms with E-state index in [2.05, 4.69) is 17.2 Å². The molecule has 1 fully saturated rings. The van der Waals surface area contributed by atoms with Gasteiger partial charge < -0.3 is 15.7 Å². The van der Waals surface area contributed by atoms with Crippen molar-refractivity contribution in [3.8, 4) is 0 Å². The molecule has 0 unspecified atom stereocenters. The number of nitrogens with one attached hydrogen (secondary N) is 2. The van der Waals surface area contributed by atoms with Crippen LogP contribution >= 0.6 is 0 Å². The van der Waals surface area contributed by atoms with Gasteiger partial charge in [-0.05, 0) is 12.8 Å². The van der Waals surface area contributed by atoms with Gasteiger partial charge in [-0.2, -0.15) is 0 Å². The molecule has 0 bridgehead atoms. The van der Waals surface area contributed by atoms with Crippen LogP contribution in [-0.4, -0.2) is 36.2 Å². The molecule has 0 radical (unpaired) electrons. The third-order valence-electron chi connectivity index (χ3n) is 2.65. The van der Waals surface area contributed by atoms with Crippen molar-refractivity contribution in [3.63, 3.8) is 0 Å². The summed E-state index contributed by atoms with van der Waals surface area (Å²) in [4.78, 5) is 11.4. The van der Waals surface area contributed by atoms with Gasteiger partial charge >= 0.3 is 0 Å². The molecule has 1 amide bonds. The van der Waals surface area contributed by atoms with Crippen molar-refractivity contribution >= 4 is 5.91 Å². The number of rotatable bonds is 5. The lowest BCUT2D eigenvalue weighted by Crippen LogP contribution is -2.47. The maximum Gasteiger partial charge on any atom is 0.234 e. The van der Waals surface area contributed by atoms with Gasteiger partial charge in [0, 0.05) is 6.54 Å².